The molecular weight excluding hydrogens is 753 g/mol. The molecule has 1 aliphatic rings. The van der Waals surface area contributed by atoms with Gasteiger partial charge in [0.25, 0.3) is 15.6 Å². The first kappa shape index (κ1) is 37.6. The Morgan fingerprint density at radius 3 is 2.30 bits per heavy atom. The number of alkyl halides is 3. The lowest BCUT2D eigenvalue weighted by Gasteiger charge is -2.37. The zero-order valence-electron chi connectivity index (χ0n) is 26.2. The Labute approximate surface area is 291 Å². The third-order valence-corrected chi connectivity index (χ3v) is 11.3. The third kappa shape index (κ3) is 6.96. The van der Waals surface area contributed by atoms with E-state index < -0.39 is 88.5 Å². The van der Waals surface area contributed by atoms with E-state index in [4.69, 9.17) is 9.84 Å². The van der Waals surface area contributed by atoms with Crippen molar-refractivity contribution in [2.24, 2.45) is 0 Å². The number of aliphatic hydroxyl groups is 5. The maximum absolute atomic E-state index is 14.6. The number of carbonyl (C=O) groups is 1. The Morgan fingerprint density at radius 2 is 1.64 bits per heavy atom. The molecule has 1 unspecified atom stereocenters. The highest BCUT2D eigenvalue weighted by Gasteiger charge is 2.46. The van der Waals surface area contributed by atoms with Gasteiger partial charge in [0.05, 0.1) is 29.9 Å². The van der Waals surface area contributed by atoms with E-state index in [0.717, 1.165) is 24.6 Å². The summed E-state index contributed by atoms with van der Waals surface area (Å²) in [6.45, 7) is -2.86. The number of hydrogen-bond acceptors (Lipinski definition) is 10. The predicted octanol–water partition coefficient (Wildman–Crippen LogP) is 2.19. The van der Waals surface area contributed by atoms with Gasteiger partial charge in [0.15, 0.2) is 5.03 Å². The number of pyridine rings is 1. The molecule has 0 amide bonds. The molecule has 12 nitrogen and oxygen atoms in total. The molecule has 268 valence electrons. The van der Waals surface area contributed by atoms with Crippen LogP contribution in [-0.4, -0.2) is 100 Å². The number of aromatic nitrogens is 1. The highest BCUT2D eigenvalue weighted by molar-refractivity contribution is 9.10. The lowest BCUT2D eigenvalue weighted by atomic mass is 9.93. The van der Waals surface area contributed by atoms with Crippen molar-refractivity contribution >= 4 is 42.7 Å². The number of esters is 1. The Morgan fingerprint density at radius 1 is 1.00 bits per heavy atom. The van der Waals surface area contributed by atoms with Gasteiger partial charge in [0, 0.05) is 25.1 Å². The average molecular weight is 786 g/mol. The predicted molar refractivity (Wildman–Crippen MR) is 177 cm³/mol. The van der Waals surface area contributed by atoms with Crippen molar-refractivity contribution in [2.45, 2.75) is 48.1 Å². The molecule has 50 heavy (non-hydrogen) atoms. The number of benzene rings is 3. The van der Waals surface area contributed by atoms with E-state index in [1.54, 1.807) is 30.3 Å². The number of fused-ring (bicyclic) bond motifs is 2. The summed E-state index contributed by atoms with van der Waals surface area (Å²) in [4.78, 5) is 27.3. The Hall–Kier alpha value is -3.68. The third-order valence-electron chi connectivity index (χ3n) is 8.59. The summed E-state index contributed by atoms with van der Waals surface area (Å²) in [5.41, 5.74) is -2.18. The van der Waals surface area contributed by atoms with E-state index >= 15 is 0 Å². The maximum Gasteiger partial charge on any atom is 0.416 e. The van der Waals surface area contributed by atoms with Gasteiger partial charge in [-0.2, -0.15) is 17.5 Å². The van der Waals surface area contributed by atoms with E-state index in [1.165, 1.54) is 6.07 Å². The summed E-state index contributed by atoms with van der Waals surface area (Å²) >= 11 is 3.27. The van der Waals surface area contributed by atoms with Crippen LogP contribution in [-0.2, 0) is 32.2 Å². The summed E-state index contributed by atoms with van der Waals surface area (Å²) in [5.74, 6) is -1.11. The first-order valence-corrected chi connectivity index (χ1v) is 17.3. The highest BCUT2D eigenvalue weighted by atomic mass is 79.9. The van der Waals surface area contributed by atoms with Gasteiger partial charge in [-0.05, 0) is 55.5 Å². The van der Waals surface area contributed by atoms with Gasteiger partial charge >= 0.3 is 12.1 Å². The molecule has 5 rings (SSSR count). The molecule has 2 heterocycles. The summed E-state index contributed by atoms with van der Waals surface area (Å²) in [6, 6.07) is 14.5. The van der Waals surface area contributed by atoms with Gasteiger partial charge in [0.2, 0.25) is 0 Å². The molecule has 0 saturated carbocycles. The van der Waals surface area contributed by atoms with Crippen LogP contribution in [0.15, 0.2) is 81.0 Å². The number of rotatable bonds is 10. The Bertz CT molecular complexity index is 2090. The quantitative estimate of drug-likeness (QED) is 0.149. The molecule has 3 aromatic carbocycles. The van der Waals surface area contributed by atoms with E-state index in [9.17, 15) is 51.6 Å². The number of hydrogen-bond donors (Lipinski definition) is 5. The molecular formula is C33H32BrF3N2O10S. The topological polar surface area (TPSA) is 187 Å². The number of aliphatic hydroxyl groups excluding tert-OH is 5. The number of sulfonamides is 1. The van der Waals surface area contributed by atoms with Gasteiger partial charge in [-0.3, -0.25) is 9.36 Å². The van der Waals surface area contributed by atoms with E-state index in [-0.39, 0.29) is 27.6 Å². The van der Waals surface area contributed by atoms with Crippen LogP contribution >= 0.6 is 15.9 Å². The van der Waals surface area contributed by atoms with Crippen LogP contribution in [0.5, 0.6) is 0 Å². The summed E-state index contributed by atoms with van der Waals surface area (Å²) in [7, 11) is -4.06. The monoisotopic (exact) mass is 784 g/mol. The second kappa shape index (κ2) is 14.5. The van der Waals surface area contributed by atoms with Crippen LogP contribution in [0.3, 0.4) is 0 Å². The summed E-state index contributed by atoms with van der Waals surface area (Å²) < 4.78 is 77.0. The number of nitrogens with zero attached hydrogens (tertiary/aromatic N) is 2. The fourth-order valence-electron chi connectivity index (χ4n) is 6.04. The van der Waals surface area contributed by atoms with E-state index in [2.05, 4.69) is 15.9 Å². The average Bonchev–Trinajstić information content (AvgIpc) is 3.09. The number of carbonyl (C=O) groups excluding carboxylic acids is 1. The van der Waals surface area contributed by atoms with Crippen molar-refractivity contribution in [3.8, 4) is 11.1 Å². The SMILES string of the molecule is COC(=O)C1CN(C[C@H](O)[C@@H](O)[C@H](O)[C@H](O)CO)S(=O)(=O)c2c(-c3cccc(C(F)(F)F)c3)c(Cc3cccc4ccccc34)c(Br)c(=O)n21. The van der Waals surface area contributed by atoms with Crippen LogP contribution in [0.4, 0.5) is 13.2 Å². The van der Waals surface area contributed by atoms with Crippen LogP contribution in [0, 0.1) is 0 Å². The van der Waals surface area contributed by atoms with Crippen molar-refractivity contribution in [1.29, 1.82) is 0 Å². The summed E-state index contributed by atoms with van der Waals surface area (Å²) in [5, 5.41) is 50.9. The molecule has 5 N–H and O–H groups in total. The van der Waals surface area contributed by atoms with Crippen molar-refractivity contribution in [3.05, 3.63) is 98.2 Å². The van der Waals surface area contributed by atoms with E-state index in [1.807, 2.05) is 12.1 Å². The molecule has 0 radical (unpaired) electrons. The van der Waals surface area contributed by atoms with Crippen molar-refractivity contribution in [1.82, 2.24) is 8.87 Å². The molecule has 5 atom stereocenters. The second-order valence-corrected chi connectivity index (χ2v) is 14.3. The van der Waals surface area contributed by atoms with Gasteiger partial charge in [-0.25, -0.2) is 13.2 Å². The number of ether oxygens (including phenoxy) is 1. The molecule has 0 saturated heterocycles. The summed E-state index contributed by atoms with van der Waals surface area (Å²) in [6.07, 6.45) is -13.4. The van der Waals surface area contributed by atoms with Gasteiger partial charge in [-0.15, -0.1) is 0 Å². The first-order chi connectivity index (χ1) is 23.5. The zero-order chi connectivity index (χ0) is 36.7. The number of β-amino-alcohol motifs (C(OH)–C–C–N with tert-alkyl or cyclic N) is 1. The minimum Gasteiger partial charge on any atom is -0.467 e. The molecule has 0 aliphatic carbocycles. The number of methoxy groups -OCH3 is 1. The second-order valence-electron chi connectivity index (χ2n) is 11.7. The first-order valence-electron chi connectivity index (χ1n) is 15.0. The maximum atomic E-state index is 14.6. The minimum absolute atomic E-state index is 0.0203. The van der Waals surface area contributed by atoms with Crippen LogP contribution < -0.4 is 5.56 Å². The Balaban J connectivity index is 1.82. The number of halogens is 4. The van der Waals surface area contributed by atoms with Crippen molar-refractivity contribution < 1.29 is 56.7 Å². The van der Waals surface area contributed by atoms with Crippen LogP contribution in [0.25, 0.3) is 21.9 Å². The molecule has 1 aromatic heterocycles. The van der Waals surface area contributed by atoms with Gasteiger partial charge < -0.3 is 30.3 Å². The zero-order valence-corrected chi connectivity index (χ0v) is 28.6. The fraction of sp³-hybridized carbons (Fsp3) is 0.333. The Kier molecular flexibility index (Phi) is 10.9. The van der Waals surface area contributed by atoms with Crippen LogP contribution in [0.2, 0.25) is 0 Å². The highest BCUT2D eigenvalue weighted by Crippen LogP contribution is 2.42. The lowest BCUT2D eigenvalue weighted by molar-refractivity contribution is -0.146. The van der Waals surface area contributed by atoms with E-state index in [0.29, 0.717) is 25.9 Å². The normalized spacial score (nSPS) is 18.6. The minimum atomic E-state index is -5.04. The molecule has 0 fully saturated rings. The molecule has 1 aliphatic heterocycles. The molecule has 4 aromatic rings. The van der Waals surface area contributed by atoms with Gasteiger partial charge in [0.1, 0.15) is 24.4 Å². The lowest BCUT2D eigenvalue weighted by Crippen LogP contribution is -2.55. The van der Waals surface area contributed by atoms with Crippen molar-refractivity contribution in [2.75, 3.05) is 26.8 Å². The molecule has 0 bridgehead atoms. The fourth-order valence-corrected chi connectivity index (χ4v) is 8.46. The smallest absolute Gasteiger partial charge is 0.416 e. The largest absolute Gasteiger partial charge is 0.467 e. The van der Waals surface area contributed by atoms with Crippen molar-refractivity contribution in [3.63, 3.8) is 0 Å². The van der Waals surface area contributed by atoms with Gasteiger partial charge in [-0.1, -0.05) is 54.6 Å². The molecule has 0 spiro atoms. The van der Waals surface area contributed by atoms with Crippen LogP contribution in [0.1, 0.15) is 22.7 Å². The standard InChI is InChI=1S/C33H32BrF3N2O10S/c1-49-32(46)23-14-38(15-24(41)28(43)29(44)25(42)16-40)50(47,48)31-26(19-9-5-10-20(12-19)33(35,36)37)22(27(34)30(45)39(23)31)13-18-8-4-7-17-6-2-3-11-21(17)18/h2-12,23-25,28-29,40-44H,13-16H2,1H3/t23?,24-,25+,28+,29+/m0/s1. The molecule has 17 heteroatoms.